The Hall–Kier alpha value is -0.440. The first kappa shape index (κ1) is 13.0. The quantitative estimate of drug-likeness (QED) is 0.789. The van der Waals surface area contributed by atoms with Crippen LogP contribution < -0.4 is 10.0 Å². The van der Waals surface area contributed by atoms with Gasteiger partial charge in [-0.15, -0.1) is 0 Å². The Kier molecular flexibility index (Phi) is 4.18. The van der Waals surface area contributed by atoms with E-state index in [0.29, 0.717) is 0 Å². The molecular formula is C12H15O2PS2. The van der Waals surface area contributed by atoms with Crippen LogP contribution >= 0.6 is 16.8 Å². The summed E-state index contributed by atoms with van der Waals surface area (Å²) in [6, 6.07) is 7.92. The van der Waals surface area contributed by atoms with Gasteiger partial charge >= 0.3 is 0 Å². The summed E-state index contributed by atoms with van der Waals surface area (Å²) in [4.78, 5) is 0. The molecule has 2 rings (SSSR count). The van der Waals surface area contributed by atoms with Gasteiger partial charge in [-0.3, -0.25) is 0 Å². The molecule has 1 heterocycles. The second-order valence-electron chi connectivity index (χ2n) is 3.61. The number of allylic oxidation sites excluding steroid dienone is 1. The lowest BCUT2D eigenvalue weighted by atomic mass is 10.3. The van der Waals surface area contributed by atoms with Gasteiger partial charge in [-0.1, -0.05) is 18.3 Å². The maximum atomic E-state index is 5.99. The van der Waals surface area contributed by atoms with Crippen molar-refractivity contribution in [2.24, 2.45) is 0 Å². The van der Waals surface area contributed by atoms with Crippen LogP contribution in [0.3, 0.4) is 0 Å². The molecule has 0 aliphatic carbocycles. The Bertz CT molecular complexity index is 468. The molecule has 92 valence electrons. The van der Waals surface area contributed by atoms with Gasteiger partial charge in [-0.2, -0.15) is 0 Å². The molecule has 2 nitrogen and oxygen atoms in total. The van der Waals surface area contributed by atoms with Gasteiger partial charge in [0.25, 0.3) is 0 Å². The SMILES string of the molecule is CCC1=CCSP(=S)(c2ccc(OC)cc2)O1. The fourth-order valence-electron chi connectivity index (χ4n) is 1.55. The summed E-state index contributed by atoms with van der Waals surface area (Å²) in [5, 5.41) is 1.11. The third kappa shape index (κ3) is 2.87. The molecule has 1 aromatic rings. The van der Waals surface area contributed by atoms with Crippen molar-refractivity contribution in [2.75, 3.05) is 12.9 Å². The standard InChI is InChI=1S/C12H15O2PS2/c1-3-10-8-9-17-15(16,14-10)12-6-4-11(13-2)5-7-12/h4-8H,3,9H2,1-2H3. The molecule has 0 amide bonds. The minimum atomic E-state index is -1.94. The van der Waals surface area contributed by atoms with E-state index in [4.69, 9.17) is 21.1 Å². The molecule has 0 aromatic heterocycles. The van der Waals surface area contributed by atoms with Crippen LogP contribution in [-0.2, 0) is 16.3 Å². The van der Waals surface area contributed by atoms with Crippen molar-refractivity contribution in [2.45, 2.75) is 13.3 Å². The summed E-state index contributed by atoms with van der Waals surface area (Å²) in [6.45, 7) is 2.09. The predicted octanol–water partition coefficient (Wildman–Crippen LogP) is 3.69. The lowest BCUT2D eigenvalue weighted by Crippen LogP contribution is -2.08. The molecule has 0 saturated carbocycles. The molecule has 1 unspecified atom stereocenters. The van der Waals surface area contributed by atoms with Gasteiger partial charge in [-0.05, 0) is 42.1 Å². The summed E-state index contributed by atoms with van der Waals surface area (Å²) in [5.41, 5.74) is -1.94. The summed E-state index contributed by atoms with van der Waals surface area (Å²) in [7, 11) is 1.66. The van der Waals surface area contributed by atoms with Crippen LogP contribution in [-0.4, -0.2) is 12.9 Å². The normalized spacial score (nSPS) is 23.8. The van der Waals surface area contributed by atoms with Gasteiger partial charge in [-0.25, -0.2) is 0 Å². The zero-order valence-corrected chi connectivity index (χ0v) is 12.4. The average molecular weight is 286 g/mol. The van der Waals surface area contributed by atoms with Crippen molar-refractivity contribution >= 4 is 34.0 Å². The Morgan fingerprint density at radius 2 is 2.12 bits per heavy atom. The number of hydrogen-bond donors (Lipinski definition) is 0. The molecule has 1 aromatic carbocycles. The number of rotatable bonds is 3. The Morgan fingerprint density at radius 3 is 2.71 bits per heavy atom. The van der Waals surface area contributed by atoms with E-state index in [0.717, 1.165) is 29.0 Å². The monoisotopic (exact) mass is 286 g/mol. The third-order valence-electron chi connectivity index (χ3n) is 2.53. The van der Waals surface area contributed by atoms with Crippen molar-refractivity contribution < 1.29 is 9.26 Å². The average Bonchev–Trinajstić information content (AvgIpc) is 2.39. The number of methoxy groups -OCH3 is 1. The minimum Gasteiger partial charge on any atom is -0.497 e. The molecule has 0 fully saturated rings. The zero-order chi connectivity index (χ0) is 12.3. The first-order valence-corrected chi connectivity index (χ1v) is 9.77. The molecule has 0 bridgehead atoms. The highest BCUT2D eigenvalue weighted by Crippen LogP contribution is 2.62. The van der Waals surface area contributed by atoms with Crippen molar-refractivity contribution in [3.8, 4) is 5.75 Å². The fourth-order valence-corrected chi connectivity index (χ4v) is 6.61. The van der Waals surface area contributed by atoms with E-state index in [9.17, 15) is 0 Å². The van der Waals surface area contributed by atoms with Gasteiger partial charge in [0.1, 0.15) is 5.75 Å². The van der Waals surface area contributed by atoms with E-state index in [1.807, 2.05) is 24.3 Å². The van der Waals surface area contributed by atoms with Crippen LogP contribution in [0.1, 0.15) is 13.3 Å². The fraction of sp³-hybridized carbons (Fsp3) is 0.333. The van der Waals surface area contributed by atoms with Gasteiger partial charge in [0.2, 0.25) is 0 Å². The van der Waals surface area contributed by atoms with Crippen LogP contribution in [0.25, 0.3) is 0 Å². The summed E-state index contributed by atoms with van der Waals surface area (Å²) in [5.74, 6) is 2.83. The molecule has 1 aliphatic heterocycles. The first-order valence-electron chi connectivity index (χ1n) is 5.46. The van der Waals surface area contributed by atoms with E-state index < -0.39 is 5.47 Å². The van der Waals surface area contributed by atoms with Crippen LogP contribution in [0.5, 0.6) is 5.75 Å². The second kappa shape index (κ2) is 5.47. The van der Waals surface area contributed by atoms with Crippen molar-refractivity contribution in [3.63, 3.8) is 0 Å². The molecule has 1 atom stereocenters. The Morgan fingerprint density at radius 1 is 1.41 bits per heavy atom. The van der Waals surface area contributed by atoms with E-state index in [-0.39, 0.29) is 0 Å². The van der Waals surface area contributed by atoms with E-state index in [1.54, 1.807) is 18.5 Å². The summed E-state index contributed by atoms with van der Waals surface area (Å²) in [6.07, 6.45) is 3.04. The maximum Gasteiger partial charge on any atom is 0.196 e. The highest BCUT2D eigenvalue weighted by molar-refractivity contribution is 8.71. The number of ether oxygens (including phenoxy) is 1. The minimum absolute atomic E-state index is 0.851. The molecule has 0 radical (unpaired) electrons. The van der Waals surface area contributed by atoms with Gasteiger partial charge < -0.3 is 9.26 Å². The molecule has 0 N–H and O–H groups in total. The summed E-state index contributed by atoms with van der Waals surface area (Å²) >= 11 is 7.45. The molecule has 0 saturated heterocycles. The van der Waals surface area contributed by atoms with Gasteiger partial charge in [0, 0.05) is 17.5 Å². The van der Waals surface area contributed by atoms with E-state index in [2.05, 4.69) is 13.0 Å². The van der Waals surface area contributed by atoms with Crippen molar-refractivity contribution in [3.05, 3.63) is 36.1 Å². The zero-order valence-electron chi connectivity index (χ0n) is 9.88. The largest absolute Gasteiger partial charge is 0.497 e. The summed E-state index contributed by atoms with van der Waals surface area (Å²) < 4.78 is 11.1. The van der Waals surface area contributed by atoms with E-state index in [1.165, 1.54) is 0 Å². The van der Waals surface area contributed by atoms with Crippen LogP contribution in [0.15, 0.2) is 36.1 Å². The lowest BCUT2D eigenvalue weighted by Gasteiger charge is -2.27. The van der Waals surface area contributed by atoms with Crippen LogP contribution in [0.4, 0.5) is 0 Å². The van der Waals surface area contributed by atoms with Gasteiger partial charge in [0.05, 0.1) is 12.9 Å². The molecule has 1 aliphatic rings. The highest BCUT2D eigenvalue weighted by atomic mass is 32.9. The smallest absolute Gasteiger partial charge is 0.196 e. The van der Waals surface area contributed by atoms with E-state index >= 15 is 0 Å². The Labute approximate surface area is 111 Å². The molecule has 17 heavy (non-hydrogen) atoms. The van der Waals surface area contributed by atoms with Crippen molar-refractivity contribution in [1.82, 2.24) is 0 Å². The number of benzene rings is 1. The Balaban J connectivity index is 2.26. The predicted molar refractivity (Wildman–Crippen MR) is 78.8 cm³/mol. The molecule has 5 heteroatoms. The maximum absolute atomic E-state index is 5.99. The molecular weight excluding hydrogens is 271 g/mol. The third-order valence-corrected chi connectivity index (χ3v) is 8.72. The molecule has 0 spiro atoms. The van der Waals surface area contributed by atoms with Gasteiger partial charge in [0.15, 0.2) is 5.47 Å². The highest BCUT2D eigenvalue weighted by Gasteiger charge is 2.26. The number of hydrogen-bond acceptors (Lipinski definition) is 4. The first-order chi connectivity index (χ1) is 8.18. The lowest BCUT2D eigenvalue weighted by molar-refractivity contribution is 0.415. The van der Waals surface area contributed by atoms with Crippen LogP contribution in [0.2, 0.25) is 0 Å². The second-order valence-corrected chi connectivity index (χ2v) is 10.4. The topological polar surface area (TPSA) is 18.5 Å². The van der Waals surface area contributed by atoms with Crippen molar-refractivity contribution in [1.29, 1.82) is 0 Å². The van der Waals surface area contributed by atoms with Crippen LogP contribution in [0, 0.1) is 0 Å².